The maximum atomic E-state index is 12.7. The predicted molar refractivity (Wildman–Crippen MR) is 94.4 cm³/mol. The summed E-state index contributed by atoms with van der Waals surface area (Å²) in [7, 11) is 5.09. The van der Waals surface area contributed by atoms with Crippen molar-refractivity contribution in [2.24, 2.45) is 0 Å². The van der Waals surface area contributed by atoms with Gasteiger partial charge in [-0.2, -0.15) is 0 Å². The first-order valence-electron chi connectivity index (χ1n) is 8.46. The van der Waals surface area contributed by atoms with Crippen LogP contribution in [-0.2, 0) is 21.4 Å². The molecule has 3 atom stereocenters. The fraction of sp³-hybridized carbons (Fsp3) is 0.526. The molecule has 1 aromatic carbocycles. The second-order valence-electron chi connectivity index (χ2n) is 7.26. The van der Waals surface area contributed by atoms with E-state index in [-0.39, 0.29) is 24.0 Å². The molecular formula is C19H22ClNO4. The first-order valence-corrected chi connectivity index (χ1v) is 8.84. The van der Waals surface area contributed by atoms with Crippen LogP contribution in [0.5, 0.6) is 11.5 Å². The van der Waals surface area contributed by atoms with Gasteiger partial charge in [0.1, 0.15) is 0 Å². The van der Waals surface area contributed by atoms with Crippen LogP contribution >= 0.6 is 11.6 Å². The van der Waals surface area contributed by atoms with E-state index in [4.69, 9.17) is 21.1 Å². The summed E-state index contributed by atoms with van der Waals surface area (Å²) in [6.45, 7) is 0.818. The lowest BCUT2D eigenvalue weighted by Gasteiger charge is -2.61. The number of rotatable bonds is 2. The summed E-state index contributed by atoms with van der Waals surface area (Å²) in [6.07, 6.45) is 3.41. The molecule has 1 fully saturated rings. The minimum atomic E-state index is -0.809. The zero-order valence-electron chi connectivity index (χ0n) is 14.6. The fourth-order valence-corrected chi connectivity index (χ4v) is 5.62. The van der Waals surface area contributed by atoms with E-state index in [1.54, 1.807) is 12.1 Å². The number of benzene rings is 1. The highest BCUT2D eigenvalue weighted by Crippen LogP contribution is 2.62. The summed E-state index contributed by atoms with van der Waals surface area (Å²) >= 11 is 7.26. The minimum Gasteiger partial charge on any atom is -0.504 e. The van der Waals surface area contributed by atoms with Crippen molar-refractivity contribution in [3.63, 3.8) is 0 Å². The summed E-state index contributed by atoms with van der Waals surface area (Å²) in [5.74, 6) is 0.766. The van der Waals surface area contributed by atoms with Crippen LogP contribution in [-0.4, -0.2) is 54.5 Å². The van der Waals surface area contributed by atoms with Gasteiger partial charge in [-0.05, 0) is 44.1 Å². The van der Waals surface area contributed by atoms with Crippen LogP contribution in [0.15, 0.2) is 24.0 Å². The van der Waals surface area contributed by atoms with Crippen molar-refractivity contribution >= 4 is 17.4 Å². The Morgan fingerprint density at radius 2 is 2.08 bits per heavy atom. The SMILES string of the molecule is COC1=C[C@]2(Cl)[C@@H]3Cc4ccc(OC)c(O)c4[C@]2(CCN3C)CC1=O. The molecule has 3 aliphatic rings. The normalized spacial score (nSPS) is 34.0. The minimum absolute atomic E-state index is 0.0291. The molecule has 4 rings (SSSR count). The number of carbonyl (C=O) groups excluding carboxylic acids is 1. The topological polar surface area (TPSA) is 59.0 Å². The lowest BCUT2D eigenvalue weighted by Crippen LogP contribution is -2.69. The lowest BCUT2D eigenvalue weighted by atomic mass is 9.53. The van der Waals surface area contributed by atoms with Gasteiger partial charge < -0.3 is 19.5 Å². The van der Waals surface area contributed by atoms with Gasteiger partial charge in [-0.3, -0.25) is 4.79 Å². The Labute approximate surface area is 152 Å². The van der Waals surface area contributed by atoms with Crippen LogP contribution in [0.3, 0.4) is 0 Å². The number of hydrogen-bond donors (Lipinski definition) is 1. The molecule has 0 spiro atoms. The summed E-state index contributed by atoms with van der Waals surface area (Å²) in [5, 5.41) is 10.9. The maximum Gasteiger partial charge on any atom is 0.198 e. The van der Waals surface area contributed by atoms with Crippen molar-refractivity contribution in [2.45, 2.75) is 35.6 Å². The van der Waals surface area contributed by atoms with Crippen LogP contribution in [0, 0.1) is 0 Å². The number of piperidine rings is 1. The van der Waals surface area contributed by atoms with Crippen molar-refractivity contribution in [3.05, 3.63) is 35.1 Å². The fourth-order valence-electron chi connectivity index (χ4n) is 5.02. The third-order valence-corrected chi connectivity index (χ3v) is 7.00. The van der Waals surface area contributed by atoms with Gasteiger partial charge in [-0.15, -0.1) is 11.6 Å². The number of likely N-dealkylation sites (N-methyl/N-ethyl adjacent to an activating group) is 1. The molecule has 5 nitrogen and oxygen atoms in total. The number of carbonyl (C=O) groups is 1. The van der Waals surface area contributed by atoms with Gasteiger partial charge >= 0.3 is 0 Å². The molecule has 2 aliphatic carbocycles. The number of phenols is 1. The van der Waals surface area contributed by atoms with Crippen LogP contribution in [0.2, 0.25) is 0 Å². The average molecular weight is 364 g/mol. The van der Waals surface area contributed by atoms with E-state index in [1.807, 2.05) is 6.07 Å². The molecule has 0 unspecified atom stereocenters. The van der Waals surface area contributed by atoms with E-state index in [2.05, 4.69) is 11.9 Å². The number of ketones is 1. The number of likely N-dealkylation sites (tertiary alicyclic amines) is 1. The Morgan fingerprint density at radius 1 is 1.32 bits per heavy atom. The molecule has 25 heavy (non-hydrogen) atoms. The number of allylic oxidation sites excluding steroid dienone is 1. The lowest BCUT2D eigenvalue weighted by molar-refractivity contribution is -0.122. The average Bonchev–Trinajstić information content (AvgIpc) is 2.58. The number of aromatic hydroxyl groups is 1. The second kappa shape index (κ2) is 5.39. The molecule has 134 valence electrons. The Hall–Kier alpha value is -1.72. The highest BCUT2D eigenvalue weighted by atomic mass is 35.5. The van der Waals surface area contributed by atoms with Gasteiger partial charge in [-0.1, -0.05) is 6.07 Å². The number of methoxy groups -OCH3 is 2. The van der Waals surface area contributed by atoms with Crippen molar-refractivity contribution < 1.29 is 19.4 Å². The van der Waals surface area contributed by atoms with E-state index < -0.39 is 10.3 Å². The number of alkyl halides is 1. The first kappa shape index (κ1) is 16.7. The number of hydrogen-bond acceptors (Lipinski definition) is 5. The van der Waals surface area contributed by atoms with Gasteiger partial charge in [-0.25, -0.2) is 0 Å². The number of ether oxygens (including phenoxy) is 2. The standard InChI is InChI=1S/C19H22ClNO4/c1-21-7-6-18-9-12(22)14(25-3)10-19(18,20)15(21)8-11-4-5-13(24-2)17(23)16(11)18/h4-5,10,15,23H,6-9H2,1-3H3/t15-,18-,19-/m0/s1. The molecule has 1 saturated heterocycles. The number of halogens is 1. The Balaban J connectivity index is 2.04. The molecular weight excluding hydrogens is 342 g/mol. The van der Waals surface area contributed by atoms with Crippen molar-refractivity contribution in [1.82, 2.24) is 4.90 Å². The molecule has 1 aliphatic heterocycles. The van der Waals surface area contributed by atoms with E-state index >= 15 is 0 Å². The second-order valence-corrected chi connectivity index (χ2v) is 7.89. The molecule has 0 saturated carbocycles. The molecule has 2 bridgehead atoms. The van der Waals surface area contributed by atoms with Crippen LogP contribution < -0.4 is 4.74 Å². The van der Waals surface area contributed by atoms with E-state index in [0.717, 1.165) is 17.7 Å². The van der Waals surface area contributed by atoms with Crippen LogP contribution in [0.25, 0.3) is 0 Å². The van der Waals surface area contributed by atoms with Crippen molar-refractivity contribution in [2.75, 3.05) is 27.8 Å². The number of Topliss-reactive ketones (excluding diaryl/α,β-unsaturated/α-hetero) is 1. The molecule has 6 heteroatoms. The third kappa shape index (κ3) is 1.97. The van der Waals surface area contributed by atoms with Crippen molar-refractivity contribution in [1.29, 1.82) is 0 Å². The zero-order valence-corrected chi connectivity index (χ0v) is 15.4. The monoisotopic (exact) mass is 363 g/mol. The Morgan fingerprint density at radius 3 is 2.76 bits per heavy atom. The highest BCUT2D eigenvalue weighted by Gasteiger charge is 2.65. The van der Waals surface area contributed by atoms with E-state index in [0.29, 0.717) is 24.4 Å². The number of nitrogens with zero attached hydrogens (tertiary/aromatic N) is 1. The first-order chi connectivity index (χ1) is 11.9. The largest absolute Gasteiger partial charge is 0.504 e. The summed E-state index contributed by atoms with van der Waals surface area (Å²) in [4.78, 5) is 14.1. The molecule has 1 aromatic rings. The van der Waals surface area contributed by atoms with Gasteiger partial charge in [0, 0.05) is 23.4 Å². The highest BCUT2D eigenvalue weighted by molar-refractivity contribution is 6.28. The van der Waals surface area contributed by atoms with Gasteiger partial charge in [0.15, 0.2) is 23.0 Å². The predicted octanol–water partition coefficient (Wildman–Crippen LogP) is 2.38. The number of phenolic OH excluding ortho intramolecular Hbond substituents is 1. The zero-order chi connectivity index (χ0) is 18.0. The molecule has 0 aromatic heterocycles. The van der Waals surface area contributed by atoms with E-state index in [9.17, 15) is 9.90 Å². The smallest absolute Gasteiger partial charge is 0.198 e. The summed E-state index contributed by atoms with van der Waals surface area (Å²) < 4.78 is 10.6. The van der Waals surface area contributed by atoms with Crippen LogP contribution in [0.4, 0.5) is 0 Å². The van der Waals surface area contributed by atoms with Crippen molar-refractivity contribution in [3.8, 4) is 11.5 Å². The van der Waals surface area contributed by atoms with Gasteiger partial charge in [0.05, 0.1) is 19.1 Å². The summed E-state index contributed by atoms with van der Waals surface area (Å²) in [6, 6.07) is 3.79. The van der Waals surface area contributed by atoms with E-state index in [1.165, 1.54) is 14.2 Å². The Kier molecular flexibility index (Phi) is 3.61. The Bertz CT molecular complexity index is 792. The quantitative estimate of drug-likeness (QED) is 0.817. The summed E-state index contributed by atoms with van der Waals surface area (Å²) in [5.41, 5.74) is 1.15. The van der Waals surface area contributed by atoms with Gasteiger partial charge in [0.2, 0.25) is 0 Å². The molecule has 0 amide bonds. The molecule has 1 N–H and O–H groups in total. The maximum absolute atomic E-state index is 12.7. The molecule has 1 heterocycles. The third-order valence-electron chi connectivity index (χ3n) is 6.28. The number of fused-ring (bicyclic) bond motifs is 1. The van der Waals surface area contributed by atoms with Crippen LogP contribution in [0.1, 0.15) is 24.0 Å². The van der Waals surface area contributed by atoms with Gasteiger partial charge in [0.25, 0.3) is 0 Å². The molecule has 0 radical (unpaired) electrons.